The molecule has 7 heteroatoms. The second-order valence-corrected chi connectivity index (χ2v) is 7.76. The van der Waals surface area contributed by atoms with Gasteiger partial charge < -0.3 is 24.6 Å². The Bertz CT molecular complexity index is 1130. The third-order valence-corrected chi connectivity index (χ3v) is 5.51. The van der Waals surface area contributed by atoms with Crippen LogP contribution in [0.4, 0.5) is 0 Å². The Morgan fingerprint density at radius 3 is 2.15 bits per heavy atom. The van der Waals surface area contributed by atoms with E-state index in [4.69, 9.17) is 14.2 Å². The fourth-order valence-corrected chi connectivity index (χ4v) is 3.53. The number of hydrogen-bond acceptors (Lipinski definition) is 5. The van der Waals surface area contributed by atoms with Gasteiger partial charge >= 0.3 is 5.97 Å². The highest BCUT2D eigenvalue weighted by Gasteiger charge is 2.18. The molecule has 0 spiro atoms. The second kappa shape index (κ2) is 11.7. The first-order chi connectivity index (χ1) is 16.4. The molecule has 0 heterocycles. The minimum Gasteiger partial charge on any atom is -0.496 e. The summed E-state index contributed by atoms with van der Waals surface area (Å²) in [6.07, 6.45) is 0.865. The van der Waals surface area contributed by atoms with Gasteiger partial charge in [0.25, 0.3) is 5.91 Å². The van der Waals surface area contributed by atoms with Gasteiger partial charge in [-0.25, -0.2) is 0 Å². The second-order valence-electron chi connectivity index (χ2n) is 7.76. The number of carboxylic acid groups (broad SMARTS) is 1. The number of carbonyl (C=O) groups excluding carboxylic acids is 1. The molecule has 0 fully saturated rings. The summed E-state index contributed by atoms with van der Waals surface area (Å²) in [6.45, 7) is 2.15. The van der Waals surface area contributed by atoms with Crippen molar-refractivity contribution in [3.63, 3.8) is 0 Å². The Hall–Kier alpha value is -4.00. The molecule has 2 N–H and O–H groups in total. The molecule has 0 saturated heterocycles. The van der Waals surface area contributed by atoms with Crippen LogP contribution in [0.3, 0.4) is 0 Å². The molecule has 0 saturated carbocycles. The summed E-state index contributed by atoms with van der Waals surface area (Å²) in [5, 5.41) is 12.2. The zero-order valence-electron chi connectivity index (χ0n) is 19.5. The number of methoxy groups -OCH3 is 2. The van der Waals surface area contributed by atoms with Crippen LogP contribution in [-0.2, 0) is 17.8 Å². The predicted molar refractivity (Wildman–Crippen MR) is 129 cm³/mol. The molecule has 3 aromatic rings. The molecule has 3 aromatic carbocycles. The van der Waals surface area contributed by atoms with Crippen molar-refractivity contribution in [1.82, 2.24) is 5.32 Å². The molecule has 0 aliphatic rings. The molecule has 178 valence electrons. The monoisotopic (exact) mass is 463 g/mol. The minimum absolute atomic E-state index is 0.295. The molecule has 0 aliphatic carbocycles. The van der Waals surface area contributed by atoms with Crippen molar-refractivity contribution in [2.75, 3.05) is 14.2 Å². The number of ether oxygens (including phenoxy) is 3. The highest BCUT2D eigenvalue weighted by Crippen LogP contribution is 2.31. The van der Waals surface area contributed by atoms with Crippen molar-refractivity contribution < 1.29 is 28.9 Å². The van der Waals surface area contributed by atoms with Gasteiger partial charge in [0, 0.05) is 6.54 Å². The van der Waals surface area contributed by atoms with Crippen molar-refractivity contribution in [1.29, 1.82) is 0 Å². The topological polar surface area (TPSA) is 94.1 Å². The van der Waals surface area contributed by atoms with E-state index < -0.39 is 11.9 Å². The standard InChI is InChI=1S/C27H29NO6/c1-4-20(27(30)31)15-19-11-14-23(32-2)22(16-19)26(29)28-17-18-9-12-21(13-10-18)34-25-8-6-5-7-24(25)33-3/h5-14,16,20H,4,15,17H2,1-3H3,(H,28,29)(H,30,31). The van der Waals surface area contributed by atoms with Crippen molar-refractivity contribution in [2.24, 2.45) is 5.92 Å². The number of benzene rings is 3. The SMILES string of the molecule is CCC(Cc1ccc(OC)c(C(=O)NCc2ccc(Oc3ccccc3OC)cc2)c1)C(=O)O. The highest BCUT2D eigenvalue weighted by molar-refractivity contribution is 5.97. The fourth-order valence-electron chi connectivity index (χ4n) is 3.53. The van der Waals surface area contributed by atoms with E-state index in [0.29, 0.717) is 47.9 Å². The van der Waals surface area contributed by atoms with E-state index in [0.717, 1.165) is 11.1 Å². The van der Waals surface area contributed by atoms with Gasteiger partial charge in [-0.05, 0) is 60.4 Å². The van der Waals surface area contributed by atoms with Gasteiger partial charge in [0.1, 0.15) is 11.5 Å². The summed E-state index contributed by atoms with van der Waals surface area (Å²) in [5.41, 5.74) is 2.04. The number of para-hydroxylation sites is 2. The van der Waals surface area contributed by atoms with Crippen LogP contribution in [0.5, 0.6) is 23.0 Å². The Labute approximate surface area is 199 Å². The lowest BCUT2D eigenvalue weighted by Crippen LogP contribution is -2.24. The quantitative estimate of drug-likeness (QED) is 0.412. The summed E-state index contributed by atoms with van der Waals surface area (Å²) in [6, 6.07) is 20.0. The number of carboxylic acids is 1. The molecule has 1 amide bonds. The van der Waals surface area contributed by atoms with Gasteiger partial charge in [-0.2, -0.15) is 0 Å². The first-order valence-electron chi connectivity index (χ1n) is 11.0. The lowest BCUT2D eigenvalue weighted by molar-refractivity contribution is -0.141. The number of rotatable bonds is 11. The first kappa shape index (κ1) is 24.6. The molecule has 34 heavy (non-hydrogen) atoms. The van der Waals surface area contributed by atoms with Gasteiger partial charge in [-0.15, -0.1) is 0 Å². The molecule has 0 aromatic heterocycles. The van der Waals surface area contributed by atoms with Crippen LogP contribution in [0.1, 0.15) is 34.8 Å². The van der Waals surface area contributed by atoms with E-state index in [1.165, 1.54) is 7.11 Å². The molecule has 3 rings (SSSR count). The number of carbonyl (C=O) groups is 2. The predicted octanol–water partition coefficient (Wildman–Crippen LogP) is 5.08. The number of hydrogen-bond donors (Lipinski definition) is 2. The van der Waals surface area contributed by atoms with Gasteiger partial charge in [0.2, 0.25) is 0 Å². The molecule has 1 unspecified atom stereocenters. The fraction of sp³-hybridized carbons (Fsp3) is 0.259. The number of aliphatic carboxylic acids is 1. The molecular weight excluding hydrogens is 434 g/mol. The Morgan fingerprint density at radius 2 is 1.53 bits per heavy atom. The average Bonchev–Trinajstić information content (AvgIpc) is 2.86. The van der Waals surface area contributed by atoms with E-state index in [9.17, 15) is 14.7 Å². The average molecular weight is 464 g/mol. The summed E-state index contributed by atoms with van der Waals surface area (Å²) >= 11 is 0. The summed E-state index contributed by atoms with van der Waals surface area (Å²) in [5.74, 6) is 0.706. The lowest BCUT2D eigenvalue weighted by atomic mass is 9.95. The normalized spacial score (nSPS) is 11.4. The van der Waals surface area contributed by atoms with Crippen LogP contribution in [0.25, 0.3) is 0 Å². The lowest BCUT2D eigenvalue weighted by Gasteiger charge is -2.14. The zero-order valence-corrected chi connectivity index (χ0v) is 19.5. The van der Waals surface area contributed by atoms with Gasteiger partial charge in [0.15, 0.2) is 11.5 Å². The summed E-state index contributed by atoms with van der Waals surface area (Å²) in [4.78, 5) is 24.2. The van der Waals surface area contributed by atoms with Crippen molar-refractivity contribution >= 4 is 11.9 Å². The van der Waals surface area contributed by atoms with Crippen LogP contribution < -0.4 is 19.5 Å². The molecule has 1 atom stereocenters. The molecular formula is C27H29NO6. The Morgan fingerprint density at radius 1 is 0.882 bits per heavy atom. The van der Waals surface area contributed by atoms with E-state index >= 15 is 0 Å². The third-order valence-electron chi connectivity index (χ3n) is 5.51. The first-order valence-corrected chi connectivity index (χ1v) is 11.0. The largest absolute Gasteiger partial charge is 0.496 e. The Kier molecular flexibility index (Phi) is 8.51. The maximum absolute atomic E-state index is 12.9. The van der Waals surface area contributed by atoms with Crippen LogP contribution in [0, 0.1) is 5.92 Å². The van der Waals surface area contributed by atoms with Crippen LogP contribution >= 0.6 is 0 Å². The summed E-state index contributed by atoms with van der Waals surface area (Å²) in [7, 11) is 3.09. The van der Waals surface area contributed by atoms with E-state index in [1.54, 1.807) is 25.3 Å². The van der Waals surface area contributed by atoms with Crippen molar-refractivity contribution in [3.05, 3.63) is 83.4 Å². The maximum Gasteiger partial charge on any atom is 0.306 e. The van der Waals surface area contributed by atoms with Gasteiger partial charge in [-0.1, -0.05) is 37.3 Å². The number of amides is 1. The van der Waals surface area contributed by atoms with E-state index in [2.05, 4.69) is 5.32 Å². The molecule has 0 bridgehead atoms. The van der Waals surface area contributed by atoms with E-state index in [-0.39, 0.29) is 5.91 Å². The minimum atomic E-state index is -0.845. The summed E-state index contributed by atoms with van der Waals surface area (Å²) < 4.78 is 16.5. The van der Waals surface area contributed by atoms with Crippen molar-refractivity contribution in [3.8, 4) is 23.0 Å². The van der Waals surface area contributed by atoms with Gasteiger partial charge in [-0.3, -0.25) is 9.59 Å². The molecule has 7 nitrogen and oxygen atoms in total. The Balaban J connectivity index is 1.65. The van der Waals surface area contributed by atoms with Gasteiger partial charge in [0.05, 0.1) is 25.7 Å². The molecule has 0 radical (unpaired) electrons. The van der Waals surface area contributed by atoms with Crippen LogP contribution in [-0.4, -0.2) is 31.2 Å². The van der Waals surface area contributed by atoms with E-state index in [1.807, 2.05) is 55.5 Å². The zero-order chi connectivity index (χ0) is 24.5. The molecule has 0 aliphatic heterocycles. The maximum atomic E-state index is 12.9. The third kappa shape index (κ3) is 6.28. The van der Waals surface area contributed by atoms with Crippen LogP contribution in [0.15, 0.2) is 66.7 Å². The highest BCUT2D eigenvalue weighted by atomic mass is 16.5. The smallest absolute Gasteiger partial charge is 0.306 e. The van der Waals surface area contributed by atoms with Crippen molar-refractivity contribution in [2.45, 2.75) is 26.3 Å². The number of nitrogens with one attached hydrogen (secondary N) is 1. The van der Waals surface area contributed by atoms with Crippen LogP contribution in [0.2, 0.25) is 0 Å².